The third-order valence-electron chi connectivity index (χ3n) is 8.50. The molecule has 1 heterocycles. The van der Waals surface area contributed by atoms with Crippen LogP contribution in [0.4, 0.5) is 0 Å². The number of benzene rings is 2. The Morgan fingerprint density at radius 1 is 1.05 bits per heavy atom. The average molecular weight is 551 g/mol. The molecule has 3 N–H and O–H groups in total. The van der Waals surface area contributed by atoms with Crippen molar-refractivity contribution in [3.8, 4) is 16.9 Å². The Bertz CT molecular complexity index is 1220. The van der Waals surface area contributed by atoms with E-state index in [1.807, 2.05) is 24.3 Å². The topological polar surface area (TPSA) is 118 Å². The second-order valence-electron chi connectivity index (χ2n) is 11.6. The Hall–Kier alpha value is -2.91. The zero-order chi connectivity index (χ0) is 28.8. The number of fused-ring (bicyclic) bond motifs is 1. The van der Waals surface area contributed by atoms with Gasteiger partial charge >= 0.3 is 0 Å². The van der Waals surface area contributed by atoms with Gasteiger partial charge in [0.1, 0.15) is 17.3 Å². The predicted octanol–water partition coefficient (Wildman–Crippen LogP) is 3.10. The molecule has 1 saturated heterocycles. The van der Waals surface area contributed by atoms with E-state index in [2.05, 4.69) is 29.0 Å². The van der Waals surface area contributed by atoms with Crippen molar-refractivity contribution in [2.75, 3.05) is 46.4 Å². The third kappa shape index (κ3) is 7.23. The number of aliphatic hydroxyl groups is 2. The van der Waals surface area contributed by atoms with Gasteiger partial charge in [0, 0.05) is 57.2 Å². The maximum Gasteiger partial charge on any atom is 0.167 e. The first-order valence-electron chi connectivity index (χ1n) is 14.3. The average Bonchev–Trinajstić information content (AvgIpc) is 2.90. The fraction of sp³-hybridized carbons (Fsp3) is 0.531. The van der Waals surface area contributed by atoms with Crippen LogP contribution in [0.5, 0.6) is 5.75 Å². The van der Waals surface area contributed by atoms with Gasteiger partial charge in [0.2, 0.25) is 0 Å². The van der Waals surface area contributed by atoms with E-state index in [1.54, 1.807) is 0 Å². The Balaban J connectivity index is 1.50. The van der Waals surface area contributed by atoms with Crippen molar-refractivity contribution in [1.29, 1.82) is 0 Å². The molecule has 0 radical (unpaired) electrons. The molecule has 2 aliphatic rings. The van der Waals surface area contributed by atoms with E-state index in [4.69, 9.17) is 0 Å². The molecule has 0 amide bonds. The number of Topliss-reactive ketones (excluding diaryl/α,β-unsaturated/α-hetero) is 3. The van der Waals surface area contributed by atoms with Gasteiger partial charge in [0.15, 0.2) is 5.78 Å². The Morgan fingerprint density at radius 3 is 2.48 bits per heavy atom. The molecule has 1 aliphatic carbocycles. The number of carbonyl (C=O) groups excluding carboxylic acids is 3. The predicted molar refractivity (Wildman–Crippen MR) is 153 cm³/mol. The standard InChI is InChI=1S/C32H42N2O6/c1-21(37)14-29(38)28(20-36)25(8-13-35)16-23-17-26-6-7-27(32(40)31(26)30(39)18-23)24-5-3-4-22(15-24)19-34-11-9-33(2)10-12-34/h3-7,15,23,25,28,35-36,40H,8-14,16-20H2,1-2H3. The largest absolute Gasteiger partial charge is 0.507 e. The van der Waals surface area contributed by atoms with Crippen molar-refractivity contribution in [2.24, 2.45) is 17.8 Å². The minimum atomic E-state index is -0.749. The van der Waals surface area contributed by atoms with Gasteiger partial charge in [-0.25, -0.2) is 0 Å². The smallest absolute Gasteiger partial charge is 0.167 e. The lowest BCUT2D eigenvalue weighted by Gasteiger charge is -2.32. The molecule has 0 aromatic heterocycles. The molecular formula is C32H42N2O6. The van der Waals surface area contributed by atoms with Gasteiger partial charge in [0.25, 0.3) is 0 Å². The number of carbonyl (C=O) groups is 3. The molecule has 1 aliphatic heterocycles. The van der Waals surface area contributed by atoms with E-state index in [0.29, 0.717) is 30.4 Å². The number of hydrogen-bond donors (Lipinski definition) is 3. The number of phenols is 1. The second-order valence-corrected chi connectivity index (χ2v) is 11.6. The van der Waals surface area contributed by atoms with E-state index in [9.17, 15) is 29.7 Å². The highest BCUT2D eigenvalue weighted by molar-refractivity contribution is 6.03. The number of piperazine rings is 1. The Labute approximate surface area is 236 Å². The first-order valence-corrected chi connectivity index (χ1v) is 14.3. The van der Waals surface area contributed by atoms with Crippen LogP contribution < -0.4 is 0 Å². The van der Waals surface area contributed by atoms with E-state index in [1.165, 1.54) is 12.5 Å². The summed E-state index contributed by atoms with van der Waals surface area (Å²) >= 11 is 0. The van der Waals surface area contributed by atoms with Crippen LogP contribution in [0.2, 0.25) is 0 Å². The van der Waals surface area contributed by atoms with Crippen LogP contribution in [-0.4, -0.2) is 88.9 Å². The van der Waals surface area contributed by atoms with Crippen LogP contribution in [0, 0.1) is 17.8 Å². The van der Waals surface area contributed by atoms with Crippen LogP contribution in [0.3, 0.4) is 0 Å². The quantitative estimate of drug-likeness (QED) is 0.345. The molecule has 3 atom stereocenters. The highest BCUT2D eigenvalue weighted by Gasteiger charge is 2.34. The van der Waals surface area contributed by atoms with Gasteiger partial charge in [-0.05, 0) is 67.8 Å². The Kier molecular flexibility index (Phi) is 10.2. The van der Waals surface area contributed by atoms with Crippen molar-refractivity contribution in [1.82, 2.24) is 9.80 Å². The maximum atomic E-state index is 13.3. The van der Waals surface area contributed by atoms with E-state index < -0.39 is 12.5 Å². The molecule has 0 spiro atoms. The van der Waals surface area contributed by atoms with Crippen molar-refractivity contribution in [2.45, 2.75) is 45.6 Å². The number of rotatable bonds is 12. The highest BCUT2D eigenvalue weighted by Crippen LogP contribution is 2.41. The number of aromatic hydroxyl groups is 1. The molecule has 216 valence electrons. The molecule has 0 bridgehead atoms. The summed E-state index contributed by atoms with van der Waals surface area (Å²) in [6, 6.07) is 11.9. The van der Waals surface area contributed by atoms with Crippen molar-refractivity contribution < 1.29 is 29.7 Å². The zero-order valence-corrected chi connectivity index (χ0v) is 23.6. The van der Waals surface area contributed by atoms with Crippen LogP contribution in [0.15, 0.2) is 36.4 Å². The molecule has 4 rings (SSSR count). The monoisotopic (exact) mass is 550 g/mol. The lowest BCUT2D eigenvalue weighted by molar-refractivity contribution is -0.131. The number of likely N-dealkylation sites (N-methyl/N-ethyl adjacent to an activating group) is 1. The molecular weight excluding hydrogens is 508 g/mol. The summed E-state index contributed by atoms with van der Waals surface area (Å²) < 4.78 is 0. The van der Waals surface area contributed by atoms with Crippen LogP contribution in [0.1, 0.15) is 54.1 Å². The van der Waals surface area contributed by atoms with E-state index in [0.717, 1.165) is 43.9 Å². The number of phenolic OH excluding ortho intramolecular Hbond substituents is 1. The molecule has 0 saturated carbocycles. The fourth-order valence-electron chi connectivity index (χ4n) is 6.33. The third-order valence-corrected chi connectivity index (χ3v) is 8.50. The van der Waals surface area contributed by atoms with Gasteiger partial charge < -0.3 is 20.2 Å². The molecule has 3 unspecified atom stereocenters. The van der Waals surface area contributed by atoms with Crippen LogP contribution >= 0.6 is 0 Å². The van der Waals surface area contributed by atoms with Gasteiger partial charge in [-0.2, -0.15) is 0 Å². The normalized spacial score (nSPS) is 19.7. The molecule has 2 aromatic rings. The second kappa shape index (κ2) is 13.6. The number of hydrogen-bond acceptors (Lipinski definition) is 8. The molecule has 2 aromatic carbocycles. The van der Waals surface area contributed by atoms with Crippen molar-refractivity contribution >= 4 is 17.3 Å². The summed E-state index contributed by atoms with van der Waals surface area (Å²) in [6.07, 6.45) is 1.30. The number of ketones is 3. The molecule has 8 heteroatoms. The first-order chi connectivity index (χ1) is 19.2. The number of nitrogens with zero attached hydrogens (tertiary/aromatic N) is 2. The van der Waals surface area contributed by atoms with Crippen LogP contribution in [0.25, 0.3) is 11.1 Å². The summed E-state index contributed by atoms with van der Waals surface area (Å²) in [6.45, 7) is 5.76. The summed E-state index contributed by atoms with van der Waals surface area (Å²) in [7, 11) is 2.14. The zero-order valence-electron chi connectivity index (χ0n) is 23.6. The lowest BCUT2D eigenvalue weighted by atomic mass is 9.73. The summed E-state index contributed by atoms with van der Waals surface area (Å²) in [5.74, 6) is -1.89. The van der Waals surface area contributed by atoms with Gasteiger partial charge in [-0.3, -0.25) is 19.3 Å². The number of aliphatic hydroxyl groups excluding tert-OH is 2. The molecule has 40 heavy (non-hydrogen) atoms. The Morgan fingerprint density at radius 2 is 1.80 bits per heavy atom. The molecule has 8 nitrogen and oxygen atoms in total. The molecule has 1 fully saturated rings. The maximum absolute atomic E-state index is 13.3. The highest BCUT2D eigenvalue weighted by atomic mass is 16.3. The SMILES string of the molecule is CC(=O)CC(=O)C(CO)C(CCO)CC1CC(=O)c2c(ccc(-c3cccc(CN4CCN(C)CC4)c3)c2O)C1. The lowest BCUT2D eigenvalue weighted by Crippen LogP contribution is -2.43. The minimum absolute atomic E-state index is 0.00877. The van der Waals surface area contributed by atoms with E-state index >= 15 is 0 Å². The van der Waals surface area contributed by atoms with Gasteiger partial charge in [0.05, 0.1) is 18.6 Å². The minimum Gasteiger partial charge on any atom is -0.507 e. The first kappa shape index (κ1) is 30.1. The fourth-order valence-corrected chi connectivity index (χ4v) is 6.33. The van der Waals surface area contributed by atoms with Crippen molar-refractivity contribution in [3.05, 3.63) is 53.1 Å². The van der Waals surface area contributed by atoms with Gasteiger partial charge in [-0.15, -0.1) is 0 Å². The summed E-state index contributed by atoms with van der Waals surface area (Å²) in [5.41, 5.74) is 3.81. The van der Waals surface area contributed by atoms with Crippen molar-refractivity contribution in [3.63, 3.8) is 0 Å². The van der Waals surface area contributed by atoms with Crippen LogP contribution in [-0.2, 0) is 22.6 Å². The summed E-state index contributed by atoms with van der Waals surface area (Å²) in [4.78, 5) is 42.2. The van der Waals surface area contributed by atoms with E-state index in [-0.39, 0.29) is 54.4 Å². The van der Waals surface area contributed by atoms with Gasteiger partial charge in [-0.1, -0.05) is 30.3 Å². The summed E-state index contributed by atoms with van der Waals surface area (Å²) in [5, 5.41) is 30.8.